The van der Waals surface area contributed by atoms with E-state index >= 15 is 0 Å². The number of nitrogens with one attached hydrogen (secondary N) is 1. The maximum Gasteiger partial charge on any atom is 0.261 e. The highest BCUT2D eigenvalue weighted by molar-refractivity contribution is 7.98. The van der Waals surface area contributed by atoms with Crippen molar-refractivity contribution in [3.05, 3.63) is 59.2 Å². The standard InChI is InChI=1S/C22H22N2O3S/c1-28-17-10-8-15(9-11-17)23-20(25)14-7-12-18-19(13-14)22(27)24(21(18)26)16-5-3-2-4-6-16/h7-13,16H,2-6H2,1H3,(H,23,25). The molecule has 2 aromatic rings. The van der Waals surface area contributed by atoms with Crippen LogP contribution in [0.2, 0.25) is 0 Å². The van der Waals surface area contributed by atoms with Gasteiger partial charge in [-0.2, -0.15) is 0 Å². The lowest BCUT2D eigenvalue weighted by molar-refractivity contribution is 0.0549. The summed E-state index contributed by atoms with van der Waals surface area (Å²) in [7, 11) is 0. The van der Waals surface area contributed by atoms with Gasteiger partial charge in [0.25, 0.3) is 17.7 Å². The minimum atomic E-state index is -0.295. The van der Waals surface area contributed by atoms with Crippen LogP contribution in [0.4, 0.5) is 5.69 Å². The molecule has 6 heteroatoms. The Morgan fingerprint density at radius 1 is 0.964 bits per heavy atom. The summed E-state index contributed by atoms with van der Waals surface area (Å²) in [6.07, 6.45) is 6.97. The van der Waals surface area contributed by atoms with Gasteiger partial charge >= 0.3 is 0 Å². The highest BCUT2D eigenvalue weighted by atomic mass is 32.2. The summed E-state index contributed by atoms with van der Waals surface area (Å²) in [5.74, 6) is -0.798. The number of benzene rings is 2. The van der Waals surface area contributed by atoms with Gasteiger partial charge in [0.05, 0.1) is 11.1 Å². The number of carbonyl (C=O) groups excluding carboxylic acids is 3. The molecule has 3 amide bonds. The summed E-state index contributed by atoms with van der Waals surface area (Å²) in [6.45, 7) is 0. The first kappa shape index (κ1) is 18.7. The van der Waals surface area contributed by atoms with Crippen LogP contribution in [-0.4, -0.2) is 34.9 Å². The second-order valence-electron chi connectivity index (χ2n) is 7.22. The molecular weight excluding hydrogens is 372 g/mol. The molecule has 0 unspecified atom stereocenters. The van der Waals surface area contributed by atoms with Gasteiger partial charge in [-0.15, -0.1) is 11.8 Å². The molecule has 0 aromatic heterocycles. The van der Waals surface area contributed by atoms with Crippen LogP contribution in [0.5, 0.6) is 0 Å². The van der Waals surface area contributed by atoms with E-state index in [1.165, 1.54) is 4.90 Å². The zero-order chi connectivity index (χ0) is 19.7. The number of anilines is 1. The summed E-state index contributed by atoms with van der Waals surface area (Å²) in [5, 5.41) is 2.84. The first-order chi connectivity index (χ1) is 13.6. The molecule has 1 aliphatic heterocycles. The second-order valence-corrected chi connectivity index (χ2v) is 8.09. The van der Waals surface area contributed by atoms with Crippen molar-refractivity contribution in [1.82, 2.24) is 4.90 Å². The van der Waals surface area contributed by atoms with Crippen molar-refractivity contribution >= 4 is 35.2 Å². The molecule has 5 nitrogen and oxygen atoms in total. The topological polar surface area (TPSA) is 66.5 Å². The van der Waals surface area contributed by atoms with Crippen LogP contribution in [0.3, 0.4) is 0 Å². The lowest BCUT2D eigenvalue weighted by atomic mass is 9.94. The molecule has 4 rings (SSSR count). The number of imide groups is 1. The summed E-state index contributed by atoms with van der Waals surface area (Å²) >= 11 is 1.63. The Balaban J connectivity index is 1.54. The van der Waals surface area contributed by atoms with Crippen molar-refractivity contribution in [2.24, 2.45) is 0 Å². The van der Waals surface area contributed by atoms with Crippen LogP contribution in [0.25, 0.3) is 0 Å². The fourth-order valence-electron chi connectivity index (χ4n) is 3.95. The van der Waals surface area contributed by atoms with Gasteiger partial charge in [-0.05, 0) is 61.6 Å². The molecule has 0 saturated heterocycles. The quantitative estimate of drug-likeness (QED) is 0.608. The smallest absolute Gasteiger partial charge is 0.261 e. The third kappa shape index (κ3) is 3.44. The van der Waals surface area contributed by atoms with Gasteiger partial charge in [-0.3, -0.25) is 19.3 Å². The summed E-state index contributed by atoms with van der Waals surface area (Å²) < 4.78 is 0. The van der Waals surface area contributed by atoms with E-state index in [4.69, 9.17) is 0 Å². The number of thioether (sulfide) groups is 1. The third-order valence-electron chi connectivity index (χ3n) is 5.47. The SMILES string of the molecule is CSc1ccc(NC(=O)c2ccc3c(c2)C(=O)N(C2CCCCC2)C3=O)cc1. The monoisotopic (exact) mass is 394 g/mol. The Morgan fingerprint density at radius 3 is 2.32 bits per heavy atom. The van der Waals surface area contributed by atoms with Crippen LogP contribution in [-0.2, 0) is 0 Å². The zero-order valence-corrected chi connectivity index (χ0v) is 16.6. The Labute approximate surface area is 168 Å². The molecule has 0 bridgehead atoms. The highest BCUT2D eigenvalue weighted by Gasteiger charge is 2.40. The Bertz CT molecular complexity index is 933. The van der Waals surface area contributed by atoms with Crippen LogP contribution >= 0.6 is 11.8 Å². The number of carbonyl (C=O) groups is 3. The molecule has 1 N–H and O–H groups in total. The molecule has 0 spiro atoms. The van der Waals surface area contributed by atoms with Gasteiger partial charge in [-0.1, -0.05) is 19.3 Å². The van der Waals surface area contributed by atoms with Gasteiger partial charge < -0.3 is 5.32 Å². The number of nitrogens with zero attached hydrogens (tertiary/aromatic N) is 1. The molecular formula is C22H22N2O3S. The number of hydrogen-bond donors (Lipinski definition) is 1. The average molecular weight is 394 g/mol. The van der Waals surface area contributed by atoms with Crippen molar-refractivity contribution in [1.29, 1.82) is 0 Å². The fourth-order valence-corrected chi connectivity index (χ4v) is 4.36. The van der Waals surface area contributed by atoms with E-state index in [-0.39, 0.29) is 23.8 Å². The van der Waals surface area contributed by atoms with E-state index in [1.807, 2.05) is 30.5 Å². The number of hydrogen-bond acceptors (Lipinski definition) is 4. The van der Waals surface area contributed by atoms with Gasteiger partial charge in [-0.25, -0.2) is 0 Å². The van der Waals surface area contributed by atoms with E-state index in [9.17, 15) is 14.4 Å². The third-order valence-corrected chi connectivity index (χ3v) is 6.21. The van der Waals surface area contributed by atoms with Crippen molar-refractivity contribution in [3.8, 4) is 0 Å². The van der Waals surface area contributed by atoms with Crippen molar-refractivity contribution in [3.63, 3.8) is 0 Å². The largest absolute Gasteiger partial charge is 0.322 e. The molecule has 1 heterocycles. The fraction of sp³-hybridized carbons (Fsp3) is 0.318. The first-order valence-electron chi connectivity index (χ1n) is 9.56. The van der Waals surface area contributed by atoms with E-state index in [2.05, 4.69) is 5.32 Å². The predicted octanol–water partition coefficient (Wildman–Crippen LogP) is 4.59. The summed E-state index contributed by atoms with van der Waals surface area (Å²) in [5.41, 5.74) is 1.80. The summed E-state index contributed by atoms with van der Waals surface area (Å²) in [4.78, 5) is 40.8. The molecule has 0 radical (unpaired) electrons. The molecule has 2 aliphatic rings. The van der Waals surface area contributed by atoms with Gasteiger partial charge in [0, 0.05) is 22.2 Å². The Morgan fingerprint density at radius 2 is 1.64 bits per heavy atom. The maximum absolute atomic E-state index is 12.9. The predicted molar refractivity (Wildman–Crippen MR) is 110 cm³/mol. The van der Waals surface area contributed by atoms with Crippen LogP contribution in [0.15, 0.2) is 47.4 Å². The number of amides is 3. The van der Waals surface area contributed by atoms with E-state index in [0.29, 0.717) is 22.4 Å². The lowest BCUT2D eigenvalue weighted by Gasteiger charge is -2.29. The molecule has 144 valence electrons. The second kappa shape index (κ2) is 7.80. The van der Waals surface area contributed by atoms with E-state index < -0.39 is 0 Å². The lowest BCUT2D eigenvalue weighted by Crippen LogP contribution is -2.40. The van der Waals surface area contributed by atoms with E-state index in [0.717, 1.165) is 37.0 Å². The van der Waals surface area contributed by atoms with Crippen molar-refractivity contribution < 1.29 is 14.4 Å². The normalized spacial score (nSPS) is 17.0. The van der Waals surface area contributed by atoms with Gasteiger partial charge in [0.15, 0.2) is 0 Å². The molecule has 1 fully saturated rings. The number of rotatable bonds is 4. The minimum Gasteiger partial charge on any atom is -0.322 e. The molecule has 1 saturated carbocycles. The first-order valence-corrected chi connectivity index (χ1v) is 10.8. The van der Waals surface area contributed by atoms with Gasteiger partial charge in [0.2, 0.25) is 0 Å². The van der Waals surface area contributed by atoms with Gasteiger partial charge in [0.1, 0.15) is 0 Å². The molecule has 0 atom stereocenters. The van der Waals surface area contributed by atoms with E-state index in [1.54, 1.807) is 30.0 Å². The summed E-state index contributed by atoms with van der Waals surface area (Å²) in [6, 6.07) is 12.3. The molecule has 1 aliphatic carbocycles. The maximum atomic E-state index is 12.9. The zero-order valence-electron chi connectivity index (χ0n) is 15.7. The van der Waals surface area contributed by atoms with Crippen molar-refractivity contribution in [2.45, 2.75) is 43.0 Å². The minimum absolute atomic E-state index is 0.0200. The average Bonchev–Trinajstić information content (AvgIpc) is 2.99. The molecule has 28 heavy (non-hydrogen) atoms. The molecule has 2 aromatic carbocycles. The van der Waals surface area contributed by atoms with Crippen LogP contribution in [0, 0.1) is 0 Å². The highest BCUT2D eigenvalue weighted by Crippen LogP contribution is 2.31. The van der Waals surface area contributed by atoms with Crippen LogP contribution < -0.4 is 5.32 Å². The Hall–Kier alpha value is -2.60. The van der Waals surface area contributed by atoms with Crippen molar-refractivity contribution in [2.75, 3.05) is 11.6 Å². The van der Waals surface area contributed by atoms with Crippen LogP contribution in [0.1, 0.15) is 63.2 Å². The Kier molecular flexibility index (Phi) is 5.22. The number of fused-ring (bicyclic) bond motifs is 1.